The van der Waals surface area contributed by atoms with E-state index >= 15 is 0 Å². The lowest BCUT2D eigenvalue weighted by Crippen LogP contribution is -2.28. The van der Waals surface area contributed by atoms with Crippen LogP contribution in [-0.2, 0) is 11.3 Å². The van der Waals surface area contributed by atoms with Gasteiger partial charge in [0.25, 0.3) is 5.91 Å². The van der Waals surface area contributed by atoms with Gasteiger partial charge in [0.15, 0.2) is 11.0 Å². The van der Waals surface area contributed by atoms with Crippen molar-refractivity contribution in [3.05, 3.63) is 71.0 Å². The third kappa shape index (κ3) is 5.61. The van der Waals surface area contributed by atoms with Crippen LogP contribution in [-0.4, -0.2) is 32.3 Å². The summed E-state index contributed by atoms with van der Waals surface area (Å²) in [4.78, 5) is 24.7. The average Bonchev–Trinajstić information content (AvgIpc) is 3.16. The van der Waals surface area contributed by atoms with E-state index in [9.17, 15) is 9.59 Å². The molecule has 30 heavy (non-hydrogen) atoms. The molecule has 0 aliphatic rings. The molecule has 0 saturated carbocycles. The number of nitrogens with zero attached hydrogens (tertiary/aromatic N) is 3. The smallest absolute Gasteiger partial charge is 0.251 e. The van der Waals surface area contributed by atoms with Crippen molar-refractivity contribution in [1.29, 1.82) is 0 Å². The van der Waals surface area contributed by atoms with Crippen LogP contribution >= 0.6 is 23.4 Å². The lowest BCUT2D eigenvalue weighted by atomic mass is 10.2. The van der Waals surface area contributed by atoms with Gasteiger partial charge >= 0.3 is 0 Å². The molecule has 0 saturated heterocycles. The van der Waals surface area contributed by atoms with Gasteiger partial charge < -0.3 is 15.2 Å². The minimum Gasteiger partial charge on any atom is -0.342 e. The Balaban J connectivity index is 1.62. The predicted octanol–water partition coefficient (Wildman–Crippen LogP) is 4.17. The predicted molar refractivity (Wildman–Crippen MR) is 119 cm³/mol. The second kappa shape index (κ2) is 10.3. The summed E-state index contributed by atoms with van der Waals surface area (Å²) in [6.45, 7) is 4.43. The van der Waals surface area contributed by atoms with Crippen LogP contribution in [0.5, 0.6) is 0 Å². The van der Waals surface area contributed by atoms with E-state index < -0.39 is 0 Å². The highest BCUT2D eigenvalue weighted by Crippen LogP contribution is 2.21. The topological polar surface area (TPSA) is 88.9 Å². The highest BCUT2D eigenvalue weighted by molar-refractivity contribution is 7.99. The van der Waals surface area contributed by atoms with E-state index in [0.29, 0.717) is 28.1 Å². The minimum absolute atomic E-state index is 0.123. The Morgan fingerprint density at radius 3 is 2.47 bits per heavy atom. The molecule has 7 nitrogen and oxygen atoms in total. The fourth-order valence-corrected chi connectivity index (χ4v) is 3.75. The van der Waals surface area contributed by atoms with Gasteiger partial charge in [-0.05, 0) is 50.2 Å². The van der Waals surface area contributed by atoms with Gasteiger partial charge in [0, 0.05) is 22.8 Å². The third-order valence-corrected chi connectivity index (χ3v) is 5.51. The molecule has 1 atom stereocenters. The van der Waals surface area contributed by atoms with Crippen LogP contribution < -0.4 is 10.6 Å². The molecule has 0 bridgehead atoms. The van der Waals surface area contributed by atoms with Gasteiger partial charge in [-0.25, -0.2) is 0 Å². The highest BCUT2D eigenvalue weighted by atomic mass is 35.5. The van der Waals surface area contributed by atoms with Gasteiger partial charge in [0.05, 0.1) is 11.8 Å². The number of carbonyl (C=O) groups is 2. The lowest BCUT2D eigenvalue weighted by molar-refractivity contribution is -0.113. The van der Waals surface area contributed by atoms with E-state index in [4.69, 9.17) is 11.6 Å². The maximum absolute atomic E-state index is 12.5. The summed E-state index contributed by atoms with van der Waals surface area (Å²) in [5.41, 5.74) is 1.26. The first-order chi connectivity index (χ1) is 14.5. The summed E-state index contributed by atoms with van der Waals surface area (Å²) in [7, 11) is 0. The Morgan fingerprint density at radius 1 is 1.10 bits per heavy atom. The fourth-order valence-electron chi connectivity index (χ4n) is 2.82. The maximum atomic E-state index is 12.5. The molecule has 9 heteroatoms. The Morgan fingerprint density at radius 2 is 1.80 bits per heavy atom. The SMILES string of the molecule is CCn1c(SCC(=O)Nc2ccccc2)nnc1[C@H](C)NC(=O)c1ccc(Cl)cc1. The van der Waals surface area contributed by atoms with E-state index in [-0.39, 0.29) is 23.6 Å². The molecular formula is C21H22ClN5O2S. The van der Waals surface area contributed by atoms with Crippen molar-refractivity contribution in [3.63, 3.8) is 0 Å². The standard InChI is InChI=1S/C21H22ClN5O2S/c1-3-27-19(14(2)23-20(29)15-9-11-16(22)12-10-15)25-26-21(27)30-13-18(28)24-17-7-5-4-6-8-17/h4-12,14H,3,13H2,1-2H3,(H,23,29)(H,24,28)/t14-/m0/s1. The van der Waals surface area contributed by atoms with Crippen LogP contribution in [0.2, 0.25) is 5.02 Å². The average molecular weight is 444 g/mol. The molecule has 0 radical (unpaired) electrons. The molecule has 1 heterocycles. The van der Waals surface area contributed by atoms with Crippen LogP contribution in [0.3, 0.4) is 0 Å². The van der Waals surface area contributed by atoms with Crippen molar-refractivity contribution < 1.29 is 9.59 Å². The zero-order chi connectivity index (χ0) is 21.5. The number of carbonyl (C=O) groups excluding carboxylic acids is 2. The van der Waals surface area contributed by atoms with Gasteiger partial charge in [-0.2, -0.15) is 0 Å². The monoisotopic (exact) mass is 443 g/mol. The first-order valence-corrected chi connectivity index (χ1v) is 10.8. The summed E-state index contributed by atoms with van der Waals surface area (Å²) in [5.74, 6) is 0.493. The van der Waals surface area contributed by atoms with Gasteiger partial charge in [0.2, 0.25) is 5.91 Å². The van der Waals surface area contributed by atoms with Crippen molar-refractivity contribution in [2.24, 2.45) is 0 Å². The molecule has 0 unspecified atom stereocenters. The molecule has 0 spiro atoms. The Labute approximate surface area is 184 Å². The summed E-state index contributed by atoms with van der Waals surface area (Å²) < 4.78 is 1.90. The Hall–Kier alpha value is -2.84. The fraction of sp³-hybridized carbons (Fsp3) is 0.238. The highest BCUT2D eigenvalue weighted by Gasteiger charge is 2.20. The van der Waals surface area contributed by atoms with Crippen molar-refractivity contribution in [1.82, 2.24) is 20.1 Å². The van der Waals surface area contributed by atoms with Crippen LogP contribution in [0.15, 0.2) is 59.8 Å². The molecule has 2 N–H and O–H groups in total. The normalized spacial score (nSPS) is 11.7. The van der Waals surface area contributed by atoms with E-state index in [2.05, 4.69) is 20.8 Å². The van der Waals surface area contributed by atoms with Crippen molar-refractivity contribution in [2.45, 2.75) is 31.6 Å². The van der Waals surface area contributed by atoms with Gasteiger partial charge in [0.1, 0.15) is 0 Å². The molecule has 0 aliphatic heterocycles. The number of aromatic nitrogens is 3. The molecule has 2 amide bonds. The summed E-state index contributed by atoms with van der Waals surface area (Å²) in [6.07, 6.45) is 0. The lowest BCUT2D eigenvalue weighted by Gasteiger charge is -2.15. The molecule has 0 aliphatic carbocycles. The summed E-state index contributed by atoms with van der Waals surface area (Å²) in [6, 6.07) is 15.6. The molecule has 2 aromatic carbocycles. The van der Waals surface area contributed by atoms with Crippen LogP contribution in [0.4, 0.5) is 5.69 Å². The quantitative estimate of drug-likeness (QED) is 0.510. The zero-order valence-electron chi connectivity index (χ0n) is 16.6. The largest absolute Gasteiger partial charge is 0.342 e. The van der Waals surface area contributed by atoms with Crippen LogP contribution in [0.25, 0.3) is 0 Å². The van der Waals surface area contributed by atoms with E-state index in [1.54, 1.807) is 24.3 Å². The molecule has 3 aromatic rings. The molecule has 3 rings (SSSR count). The number of nitrogens with one attached hydrogen (secondary N) is 2. The molecule has 0 fully saturated rings. The van der Waals surface area contributed by atoms with E-state index in [1.165, 1.54) is 11.8 Å². The van der Waals surface area contributed by atoms with E-state index in [0.717, 1.165) is 5.69 Å². The summed E-state index contributed by atoms with van der Waals surface area (Å²) in [5, 5.41) is 15.4. The number of para-hydroxylation sites is 1. The minimum atomic E-state index is -0.354. The Bertz CT molecular complexity index is 1010. The number of rotatable bonds is 8. The van der Waals surface area contributed by atoms with Crippen LogP contribution in [0.1, 0.15) is 36.1 Å². The van der Waals surface area contributed by atoms with Crippen LogP contribution in [0, 0.1) is 0 Å². The second-order valence-electron chi connectivity index (χ2n) is 6.49. The van der Waals surface area contributed by atoms with Crippen molar-refractivity contribution in [2.75, 3.05) is 11.1 Å². The first kappa shape index (κ1) is 21.9. The molecular weight excluding hydrogens is 422 g/mol. The number of anilines is 1. The molecule has 1 aromatic heterocycles. The number of amides is 2. The second-order valence-corrected chi connectivity index (χ2v) is 7.87. The third-order valence-electron chi connectivity index (χ3n) is 4.29. The zero-order valence-corrected chi connectivity index (χ0v) is 18.2. The van der Waals surface area contributed by atoms with Crippen molar-refractivity contribution >= 4 is 40.9 Å². The van der Waals surface area contributed by atoms with Crippen molar-refractivity contribution in [3.8, 4) is 0 Å². The maximum Gasteiger partial charge on any atom is 0.251 e. The Kier molecular flexibility index (Phi) is 7.48. The van der Waals surface area contributed by atoms with E-state index in [1.807, 2.05) is 48.7 Å². The summed E-state index contributed by atoms with van der Waals surface area (Å²) >= 11 is 7.18. The number of benzene rings is 2. The van der Waals surface area contributed by atoms with Gasteiger partial charge in [-0.3, -0.25) is 9.59 Å². The van der Waals surface area contributed by atoms with Gasteiger partial charge in [-0.1, -0.05) is 41.6 Å². The number of thioether (sulfide) groups is 1. The first-order valence-electron chi connectivity index (χ1n) is 9.45. The number of hydrogen-bond acceptors (Lipinski definition) is 5. The van der Waals surface area contributed by atoms with Gasteiger partial charge in [-0.15, -0.1) is 10.2 Å². The number of halogens is 1. The molecule has 156 valence electrons. The number of hydrogen-bond donors (Lipinski definition) is 2.